The van der Waals surface area contributed by atoms with Gasteiger partial charge in [0.05, 0.1) is 0 Å². The van der Waals surface area contributed by atoms with Crippen molar-refractivity contribution in [1.82, 2.24) is 4.98 Å². The van der Waals surface area contributed by atoms with E-state index in [0.29, 0.717) is 6.04 Å². The van der Waals surface area contributed by atoms with E-state index in [4.69, 9.17) is 0 Å². The average molecular weight is 176 g/mol. The molecule has 0 amide bonds. The molecule has 70 valence electrons. The Hall–Kier alpha value is -1.31. The van der Waals surface area contributed by atoms with Gasteiger partial charge in [-0.1, -0.05) is 13.0 Å². The summed E-state index contributed by atoms with van der Waals surface area (Å²) in [6.45, 7) is 7.89. The summed E-state index contributed by atoms with van der Waals surface area (Å²) >= 11 is 0. The number of hydrogen-bond donors (Lipinski definition) is 1. The van der Waals surface area contributed by atoms with Crippen molar-refractivity contribution >= 4 is 5.69 Å². The minimum absolute atomic E-state index is 0.298. The molecule has 0 aliphatic carbocycles. The van der Waals surface area contributed by atoms with Crippen molar-refractivity contribution in [3.05, 3.63) is 36.7 Å². The number of aromatic nitrogens is 1. The molecule has 0 saturated heterocycles. The number of nitrogens with one attached hydrogen (secondary N) is 1. The SMILES string of the molecule is C=CC(C)Nc1ccnc(CC)c1. The van der Waals surface area contributed by atoms with E-state index in [1.807, 2.05) is 18.3 Å². The van der Waals surface area contributed by atoms with Gasteiger partial charge in [-0.15, -0.1) is 6.58 Å². The van der Waals surface area contributed by atoms with E-state index < -0.39 is 0 Å². The van der Waals surface area contributed by atoms with Crippen molar-refractivity contribution in [1.29, 1.82) is 0 Å². The van der Waals surface area contributed by atoms with Gasteiger partial charge in [-0.3, -0.25) is 4.98 Å². The molecule has 1 unspecified atom stereocenters. The lowest BCUT2D eigenvalue weighted by Gasteiger charge is -2.10. The zero-order valence-corrected chi connectivity index (χ0v) is 8.25. The fourth-order valence-corrected chi connectivity index (χ4v) is 1.08. The van der Waals surface area contributed by atoms with Gasteiger partial charge in [0, 0.05) is 23.6 Å². The summed E-state index contributed by atoms with van der Waals surface area (Å²) in [5, 5.41) is 3.31. The van der Waals surface area contributed by atoms with Gasteiger partial charge in [0.1, 0.15) is 0 Å². The third kappa shape index (κ3) is 2.90. The second kappa shape index (κ2) is 4.65. The van der Waals surface area contributed by atoms with Crippen LogP contribution in [0.2, 0.25) is 0 Å². The van der Waals surface area contributed by atoms with Crippen LogP contribution in [0.1, 0.15) is 19.5 Å². The monoisotopic (exact) mass is 176 g/mol. The second-order valence-corrected chi connectivity index (χ2v) is 3.06. The minimum Gasteiger partial charge on any atom is -0.379 e. The quantitative estimate of drug-likeness (QED) is 0.713. The highest BCUT2D eigenvalue weighted by Gasteiger charge is 1.97. The smallest absolute Gasteiger partial charge is 0.0421 e. The maximum absolute atomic E-state index is 4.23. The molecule has 1 aromatic heterocycles. The maximum Gasteiger partial charge on any atom is 0.0421 e. The van der Waals surface area contributed by atoms with Crippen LogP contribution in [0.15, 0.2) is 31.0 Å². The van der Waals surface area contributed by atoms with Gasteiger partial charge in [0.25, 0.3) is 0 Å². The van der Waals surface area contributed by atoms with Crippen molar-refractivity contribution < 1.29 is 0 Å². The summed E-state index contributed by atoms with van der Waals surface area (Å²) in [7, 11) is 0. The third-order valence-corrected chi connectivity index (χ3v) is 1.93. The number of anilines is 1. The van der Waals surface area contributed by atoms with Crippen LogP contribution in [0.3, 0.4) is 0 Å². The molecule has 13 heavy (non-hydrogen) atoms. The number of hydrogen-bond acceptors (Lipinski definition) is 2. The molecule has 0 saturated carbocycles. The molecule has 0 aliphatic heterocycles. The van der Waals surface area contributed by atoms with Crippen molar-refractivity contribution in [3.8, 4) is 0 Å². The molecule has 0 bridgehead atoms. The van der Waals surface area contributed by atoms with Gasteiger partial charge >= 0.3 is 0 Å². The molecule has 2 heteroatoms. The molecule has 1 N–H and O–H groups in total. The third-order valence-electron chi connectivity index (χ3n) is 1.93. The van der Waals surface area contributed by atoms with Gasteiger partial charge in [0.15, 0.2) is 0 Å². The first-order valence-electron chi connectivity index (χ1n) is 4.60. The highest BCUT2D eigenvalue weighted by atomic mass is 14.9. The molecule has 0 aliphatic rings. The lowest BCUT2D eigenvalue weighted by molar-refractivity contribution is 0.985. The first-order valence-corrected chi connectivity index (χ1v) is 4.60. The van der Waals surface area contributed by atoms with Crippen LogP contribution in [0, 0.1) is 0 Å². The Morgan fingerprint density at radius 2 is 2.46 bits per heavy atom. The second-order valence-electron chi connectivity index (χ2n) is 3.06. The zero-order valence-electron chi connectivity index (χ0n) is 8.25. The van der Waals surface area contributed by atoms with Crippen LogP contribution < -0.4 is 5.32 Å². The van der Waals surface area contributed by atoms with Crippen LogP contribution in [0.25, 0.3) is 0 Å². The molecule has 0 fully saturated rings. The maximum atomic E-state index is 4.23. The number of nitrogens with zero attached hydrogens (tertiary/aromatic N) is 1. The fraction of sp³-hybridized carbons (Fsp3) is 0.364. The van der Waals surface area contributed by atoms with Gasteiger partial charge in [-0.05, 0) is 25.5 Å². The Kier molecular flexibility index (Phi) is 3.50. The summed E-state index contributed by atoms with van der Waals surface area (Å²) in [6.07, 6.45) is 4.68. The average Bonchev–Trinajstić information content (AvgIpc) is 2.18. The molecular weight excluding hydrogens is 160 g/mol. The Morgan fingerprint density at radius 3 is 3.08 bits per heavy atom. The molecule has 0 spiro atoms. The van der Waals surface area contributed by atoms with Crippen LogP contribution >= 0.6 is 0 Å². The van der Waals surface area contributed by atoms with Crippen LogP contribution in [0.5, 0.6) is 0 Å². The van der Waals surface area contributed by atoms with Crippen LogP contribution in [-0.2, 0) is 6.42 Å². The minimum atomic E-state index is 0.298. The Bertz CT molecular complexity index is 281. The van der Waals surface area contributed by atoms with Crippen LogP contribution in [0.4, 0.5) is 5.69 Å². The van der Waals surface area contributed by atoms with E-state index in [1.165, 1.54) is 0 Å². The van der Waals surface area contributed by atoms with Crippen LogP contribution in [-0.4, -0.2) is 11.0 Å². The predicted molar refractivity (Wildman–Crippen MR) is 56.9 cm³/mol. The van der Waals surface area contributed by atoms with E-state index in [-0.39, 0.29) is 0 Å². The van der Waals surface area contributed by atoms with Gasteiger partial charge < -0.3 is 5.32 Å². The Balaban J connectivity index is 2.71. The molecule has 1 rings (SSSR count). The van der Waals surface area contributed by atoms with Gasteiger partial charge in [-0.2, -0.15) is 0 Å². The molecule has 0 aromatic carbocycles. The Labute approximate surface area is 79.7 Å². The molecule has 1 aromatic rings. The first-order chi connectivity index (χ1) is 6.26. The number of pyridine rings is 1. The van der Waals surface area contributed by atoms with E-state index in [1.54, 1.807) is 0 Å². The lowest BCUT2D eigenvalue weighted by atomic mass is 10.2. The number of aryl methyl sites for hydroxylation is 1. The van der Waals surface area contributed by atoms with Crippen molar-refractivity contribution in [3.63, 3.8) is 0 Å². The summed E-state index contributed by atoms with van der Waals surface area (Å²) in [5.41, 5.74) is 2.22. The van der Waals surface area contributed by atoms with Crippen molar-refractivity contribution in [2.75, 3.05) is 5.32 Å². The van der Waals surface area contributed by atoms with Gasteiger partial charge in [0.2, 0.25) is 0 Å². The fourth-order valence-electron chi connectivity index (χ4n) is 1.08. The predicted octanol–water partition coefficient (Wildman–Crippen LogP) is 2.63. The summed E-state index contributed by atoms with van der Waals surface area (Å²) in [6, 6.07) is 4.34. The normalized spacial score (nSPS) is 12.2. The highest BCUT2D eigenvalue weighted by molar-refractivity contribution is 5.44. The molecule has 1 heterocycles. The molecular formula is C11H16N2. The largest absolute Gasteiger partial charge is 0.379 e. The van der Waals surface area contributed by atoms with E-state index in [9.17, 15) is 0 Å². The summed E-state index contributed by atoms with van der Waals surface area (Å²) < 4.78 is 0. The van der Waals surface area contributed by atoms with Crippen molar-refractivity contribution in [2.24, 2.45) is 0 Å². The molecule has 1 atom stereocenters. The van der Waals surface area contributed by atoms with Crippen molar-refractivity contribution in [2.45, 2.75) is 26.3 Å². The van der Waals surface area contributed by atoms with E-state index in [0.717, 1.165) is 17.8 Å². The summed E-state index contributed by atoms with van der Waals surface area (Å²) in [5.74, 6) is 0. The summed E-state index contributed by atoms with van der Waals surface area (Å²) in [4.78, 5) is 4.23. The van der Waals surface area contributed by atoms with E-state index in [2.05, 4.69) is 36.8 Å². The molecule has 0 radical (unpaired) electrons. The highest BCUT2D eigenvalue weighted by Crippen LogP contribution is 2.09. The standard InChI is InChI=1S/C11H16N2/c1-4-9(3)13-11-6-7-12-10(5-2)8-11/h4,6-9H,1,5H2,2-3H3,(H,12,13). The Morgan fingerprint density at radius 1 is 1.69 bits per heavy atom. The molecule has 2 nitrogen and oxygen atoms in total. The zero-order chi connectivity index (χ0) is 9.68. The van der Waals surface area contributed by atoms with Gasteiger partial charge in [-0.25, -0.2) is 0 Å². The first kappa shape index (κ1) is 9.78. The lowest BCUT2D eigenvalue weighted by Crippen LogP contribution is -2.11. The number of rotatable bonds is 4. The van der Waals surface area contributed by atoms with E-state index >= 15 is 0 Å². The topological polar surface area (TPSA) is 24.9 Å².